The van der Waals surface area contributed by atoms with Crippen LogP contribution in [0.15, 0.2) is 138 Å². The molecule has 4 nitrogen and oxygen atoms in total. The quantitative estimate of drug-likeness (QED) is 0.161. The SMILES string of the molecule is [2H]c1c([2H])c([2H])c(N(c2cc3c4c(c2)N(c2ccc5c(c2)C(C)(C)CCC5(C)C)c2c(oc5c2C(C)(C)CCC5(C)C)B4c2cc(C([2H])([2H])[2H])ccc2N3c2ccc(C([2H])([2H])[2H])cc2)c2c([2H])c([2H])c([2H])c([2H])c2[2H])c([2H])c1[2H]. The predicted molar refractivity (Wildman–Crippen MR) is 267 cm³/mol. The summed E-state index contributed by atoms with van der Waals surface area (Å²) in [6.07, 6.45) is 3.43. The number of hydrogen-bond donors (Lipinski definition) is 0. The number of nitrogens with zero attached hydrogens (tertiary/aromatic N) is 3. The molecule has 7 aromatic rings. The van der Waals surface area contributed by atoms with Gasteiger partial charge < -0.3 is 19.1 Å². The highest BCUT2D eigenvalue weighted by Gasteiger charge is 2.53. The van der Waals surface area contributed by atoms with Gasteiger partial charge in [0.05, 0.1) is 30.7 Å². The molecule has 0 spiro atoms. The molecule has 11 rings (SSSR count). The Morgan fingerprint density at radius 2 is 1.13 bits per heavy atom. The summed E-state index contributed by atoms with van der Waals surface area (Å²) in [5.41, 5.74) is 6.07. The van der Waals surface area contributed by atoms with Gasteiger partial charge in [-0.25, -0.2) is 0 Å². The van der Waals surface area contributed by atoms with Gasteiger partial charge in [0.1, 0.15) is 5.76 Å². The van der Waals surface area contributed by atoms with Gasteiger partial charge in [0.25, 0.3) is 6.71 Å². The summed E-state index contributed by atoms with van der Waals surface area (Å²) in [7, 11) is 0. The van der Waals surface area contributed by atoms with Gasteiger partial charge in [0.2, 0.25) is 0 Å². The third-order valence-corrected chi connectivity index (χ3v) is 14.4. The van der Waals surface area contributed by atoms with Crippen molar-refractivity contribution in [3.63, 3.8) is 0 Å². The Morgan fingerprint density at radius 3 is 1.78 bits per heavy atom. The summed E-state index contributed by atoms with van der Waals surface area (Å²) in [4.78, 5) is 5.18. The number of anilines is 9. The number of furan rings is 1. The zero-order valence-electron chi connectivity index (χ0n) is 53.1. The summed E-state index contributed by atoms with van der Waals surface area (Å²) in [5, 5.41) is 0. The van der Waals surface area contributed by atoms with Crippen LogP contribution in [0.3, 0.4) is 0 Å². The van der Waals surface area contributed by atoms with Crippen LogP contribution >= 0.6 is 0 Å². The molecule has 2 aliphatic heterocycles. The zero-order chi connectivity index (χ0) is 57.5. The fourth-order valence-electron chi connectivity index (χ4n) is 10.8. The van der Waals surface area contributed by atoms with Gasteiger partial charge in [0, 0.05) is 59.0 Å². The van der Waals surface area contributed by atoms with E-state index in [0.29, 0.717) is 39.3 Å². The molecule has 6 aromatic carbocycles. The molecule has 0 saturated carbocycles. The van der Waals surface area contributed by atoms with Gasteiger partial charge in [-0.05, 0) is 144 Å². The van der Waals surface area contributed by atoms with Gasteiger partial charge in [-0.15, -0.1) is 0 Å². The minimum Gasteiger partial charge on any atom is -0.472 e. The van der Waals surface area contributed by atoms with E-state index in [4.69, 9.17) is 20.9 Å². The minimum atomic E-state index is -2.55. The van der Waals surface area contributed by atoms with Gasteiger partial charge >= 0.3 is 0 Å². The van der Waals surface area contributed by atoms with E-state index in [1.165, 1.54) is 28.7 Å². The third kappa shape index (κ3) is 6.09. The number of para-hydroxylation sites is 2. The molecule has 0 N–H and O–H groups in total. The van der Waals surface area contributed by atoms with Gasteiger partial charge in [-0.3, -0.25) is 0 Å². The lowest BCUT2D eigenvalue weighted by Gasteiger charge is -2.46. The van der Waals surface area contributed by atoms with E-state index in [0.717, 1.165) is 53.9 Å². The summed E-state index contributed by atoms with van der Waals surface area (Å²) >= 11 is 0. The fourth-order valence-corrected chi connectivity index (χ4v) is 10.8. The monoisotopic (exact) mass is 842 g/mol. The maximum absolute atomic E-state index is 9.50. The number of hydrogen-bond acceptors (Lipinski definition) is 4. The molecule has 3 heterocycles. The number of aryl methyl sites for hydroxylation is 2. The Labute approximate surface area is 398 Å². The van der Waals surface area contributed by atoms with Crippen LogP contribution in [0.1, 0.15) is 137 Å². The lowest BCUT2D eigenvalue weighted by atomic mass is 9.35. The minimum absolute atomic E-state index is 0.0426. The zero-order valence-corrected chi connectivity index (χ0v) is 37.1. The second-order valence-corrected chi connectivity index (χ2v) is 20.4. The van der Waals surface area contributed by atoms with Crippen LogP contribution in [0.4, 0.5) is 51.2 Å². The fraction of sp³-hybridized carbons (Fsp3) is 0.310. The number of benzene rings is 6. The molecular formula is C58H60BN3O. The molecule has 0 amide bonds. The number of fused-ring (bicyclic) bond motifs is 7. The van der Waals surface area contributed by atoms with Crippen LogP contribution in [-0.2, 0) is 21.7 Å². The molecule has 0 saturated heterocycles. The average Bonchev–Trinajstić information content (AvgIpc) is 3.61. The summed E-state index contributed by atoms with van der Waals surface area (Å²) in [6, 6.07) is 14.1. The molecule has 2 aliphatic carbocycles. The first-order valence-corrected chi connectivity index (χ1v) is 21.9. The largest absolute Gasteiger partial charge is 0.472 e. The van der Waals surface area contributed by atoms with Crippen molar-refractivity contribution in [3.05, 3.63) is 167 Å². The Bertz CT molecular complexity index is 3640. The first kappa shape index (κ1) is 26.0. The van der Waals surface area contributed by atoms with Crippen molar-refractivity contribution in [1.29, 1.82) is 0 Å². The molecule has 1 aromatic heterocycles. The standard InChI is InChI=1S/C58H60BN3O/c1-37-21-24-41(25-22-37)61-47-28-23-38(2)33-46(47)59-51-48(61)35-43(60(39-17-13-11-14-18-39)40-19-15-12-16-20-40)36-49(51)62(42-26-27-44-45(34-42)56(5,6)30-29-55(44,3)4)52-50-53(63-54(52)59)58(9,10)32-31-57(50,7)8/h11-28,33-36H,29-32H2,1-10H3/i1D3,2D3,11D,12D,13D,14D,15D,16D,17D,18D,19D,20D. The lowest BCUT2D eigenvalue weighted by Crippen LogP contribution is -2.61. The topological polar surface area (TPSA) is 22.9 Å². The molecule has 0 radical (unpaired) electrons. The predicted octanol–water partition coefficient (Wildman–Crippen LogP) is 14.1. The van der Waals surface area contributed by atoms with E-state index < -0.39 is 103 Å². The molecule has 4 aliphatic rings. The van der Waals surface area contributed by atoms with Crippen molar-refractivity contribution >= 4 is 74.5 Å². The van der Waals surface area contributed by atoms with Crippen LogP contribution in [0.25, 0.3) is 0 Å². The van der Waals surface area contributed by atoms with Crippen molar-refractivity contribution < 1.29 is 26.3 Å². The van der Waals surface area contributed by atoms with Crippen LogP contribution in [0, 0.1) is 13.7 Å². The van der Waals surface area contributed by atoms with E-state index in [9.17, 15) is 5.48 Å². The highest BCUT2D eigenvalue weighted by atomic mass is 16.3. The van der Waals surface area contributed by atoms with Crippen LogP contribution in [0.5, 0.6) is 0 Å². The highest BCUT2D eigenvalue weighted by molar-refractivity contribution is 6.99. The summed E-state index contributed by atoms with van der Waals surface area (Å²) in [5.74, 6) is 0.767. The van der Waals surface area contributed by atoms with Crippen molar-refractivity contribution in [2.75, 3.05) is 14.7 Å². The molecule has 0 fully saturated rings. The van der Waals surface area contributed by atoms with E-state index in [1.807, 2.05) is 4.90 Å². The highest BCUT2D eigenvalue weighted by Crippen LogP contribution is 2.56. The molecule has 316 valence electrons. The number of rotatable bonds is 5. The second-order valence-electron chi connectivity index (χ2n) is 20.4. The van der Waals surface area contributed by atoms with Crippen molar-refractivity contribution in [2.24, 2.45) is 0 Å². The molecule has 0 bridgehead atoms. The Kier molecular flexibility index (Phi) is 5.69. The van der Waals surface area contributed by atoms with Crippen LogP contribution < -0.4 is 31.3 Å². The van der Waals surface area contributed by atoms with Gasteiger partial charge in [-0.2, -0.15) is 0 Å². The van der Waals surface area contributed by atoms with Crippen molar-refractivity contribution in [2.45, 2.75) is 116 Å². The molecule has 5 heteroatoms. The Balaban J connectivity index is 1.37. The maximum atomic E-state index is 9.50. The second kappa shape index (κ2) is 13.8. The molecule has 0 unspecified atom stereocenters. The summed E-state index contributed by atoms with van der Waals surface area (Å²) in [6.45, 7) is 11.8. The third-order valence-electron chi connectivity index (χ3n) is 14.4. The van der Waals surface area contributed by atoms with Gasteiger partial charge in [-0.1, -0.05) is 133 Å². The van der Waals surface area contributed by atoms with Crippen LogP contribution in [0.2, 0.25) is 0 Å². The first-order chi connectivity index (χ1) is 36.6. The molecule has 0 atom stereocenters. The maximum Gasteiger partial charge on any atom is 0.297 e. The molecular weight excluding hydrogens is 765 g/mol. The smallest absolute Gasteiger partial charge is 0.297 e. The van der Waals surface area contributed by atoms with Crippen molar-refractivity contribution in [3.8, 4) is 0 Å². The van der Waals surface area contributed by atoms with E-state index in [2.05, 4.69) is 78.5 Å². The van der Waals surface area contributed by atoms with E-state index in [-0.39, 0.29) is 27.6 Å². The summed E-state index contributed by atoms with van der Waals surface area (Å²) < 4.78 is 150. The van der Waals surface area contributed by atoms with Gasteiger partial charge in [0.15, 0.2) is 0 Å². The van der Waals surface area contributed by atoms with Crippen LogP contribution in [-0.4, -0.2) is 6.71 Å². The van der Waals surface area contributed by atoms with E-state index >= 15 is 0 Å². The average molecular weight is 842 g/mol. The Morgan fingerprint density at radius 1 is 0.556 bits per heavy atom. The van der Waals surface area contributed by atoms with E-state index in [1.54, 1.807) is 36.4 Å². The normalized spacial score (nSPS) is 22.2. The Hall–Kier alpha value is -5.94. The first-order valence-electron chi connectivity index (χ1n) is 29.9. The lowest BCUT2D eigenvalue weighted by molar-refractivity contribution is 0.282. The molecule has 63 heavy (non-hydrogen) atoms. The van der Waals surface area contributed by atoms with Crippen molar-refractivity contribution in [1.82, 2.24) is 0 Å².